The number of hydrogen-bond acceptors (Lipinski definition) is 3. The zero-order valence-corrected chi connectivity index (χ0v) is 11.4. The van der Waals surface area contributed by atoms with Gasteiger partial charge in [-0.1, -0.05) is 25.6 Å². The third kappa shape index (κ3) is 2.83. The number of amidine groups is 1. The topological polar surface area (TPSA) is 24.4 Å². The smallest absolute Gasteiger partial charge is 0.161 e. The maximum Gasteiger partial charge on any atom is 0.161 e. The predicted molar refractivity (Wildman–Crippen MR) is 73.2 cm³/mol. The zero-order chi connectivity index (χ0) is 13.3. The van der Waals surface area contributed by atoms with Crippen LogP contribution in [0.1, 0.15) is 19.4 Å². The summed E-state index contributed by atoms with van der Waals surface area (Å²) in [7, 11) is 0. The normalized spacial score (nSPS) is 19.2. The third-order valence-corrected chi connectivity index (χ3v) is 3.92. The first-order valence-electron chi connectivity index (χ1n) is 5.90. The van der Waals surface area contributed by atoms with E-state index in [1.807, 2.05) is 0 Å². The van der Waals surface area contributed by atoms with E-state index in [2.05, 4.69) is 24.2 Å². The Bertz CT molecular complexity index is 486. The molecule has 0 saturated carbocycles. The molecule has 1 heterocycles. The molecule has 0 fully saturated rings. The summed E-state index contributed by atoms with van der Waals surface area (Å²) >= 11 is 1.54. The number of rotatable bonds is 2. The fourth-order valence-corrected chi connectivity index (χ4v) is 2.84. The fraction of sp³-hybridized carbons (Fsp3) is 0.462. The highest BCUT2D eigenvalue weighted by Gasteiger charge is 2.22. The Morgan fingerprint density at radius 1 is 1.33 bits per heavy atom. The summed E-state index contributed by atoms with van der Waals surface area (Å²) in [5, 5.41) is 3.52. The van der Waals surface area contributed by atoms with Gasteiger partial charge in [0.25, 0.3) is 0 Å². The van der Waals surface area contributed by atoms with E-state index in [1.54, 1.807) is 18.7 Å². The van der Waals surface area contributed by atoms with Gasteiger partial charge in [-0.25, -0.2) is 8.78 Å². The summed E-state index contributed by atoms with van der Waals surface area (Å²) in [5.41, 5.74) is 0.452. The molecule has 98 valence electrons. The van der Waals surface area contributed by atoms with Crippen LogP contribution in [0.2, 0.25) is 0 Å². The summed E-state index contributed by atoms with van der Waals surface area (Å²) in [6.07, 6.45) is 0. The minimum absolute atomic E-state index is 0.147. The van der Waals surface area contributed by atoms with Crippen LogP contribution in [0.15, 0.2) is 17.1 Å². The molecule has 2 rings (SSSR count). The van der Waals surface area contributed by atoms with Gasteiger partial charge in [0, 0.05) is 11.8 Å². The van der Waals surface area contributed by atoms with E-state index < -0.39 is 11.6 Å². The van der Waals surface area contributed by atoms with Gasteiger partial charge in [0.15, 0.2) is 5.17 Å². The molecule has 1 atom stereocenters. The Balaban J connectivity index is 2.16. The van der Waals surface area contributed by atoms with Crippen LogP contribution in [0.5, 0.6) is 0 Å². The number of thioether (sulfide) groups is 1. The van der Waals surface area contributed by atoms with Crippen molar-refractivity contribution in [2.24, 2.45) is 10.9 Å². The van der Waals surface area contributed by atoms with Crippen LogP contribution in [0.4, 0.5) is 14.5 Å². The van der Waals surface area contributed by atoms with Crippen LogP contribution in [0, 0.1) is 24.5 Å². The van der Waals surface area contributed by atoms with E-state index in [-0.39, 0.29) is 11.7 Å². The van der Waals surface area contributed by atoms with Crippen molar-refractivity contribution in [1.29, 1.82) is 0 Å². The van der Waals surface area contributed by atoms with E-state index in [0.717, 1.165) is 5.75 Å². The monoisotopic (exact) mass is 270 g/mol. The van der Waals surface area contributed by atoms with Crippen LogP contribution in [0.25, 0.3) is 0 Å². The lowest BCUT2D eigenvalue weighted by Gasteiger charge is -2.09. The number of aryl methyl sites for hydroxylation is 1. The fourth-order valence-electron chi connectivity index (χ4n) is 1.66. The molecule has 0 spiro atoms. The molecule has 0 amide bonds. The molecule has 1 unspecified atom stereocenters. The van der Waals surface area contributed by atoms with E-state index in [1.165, 1.54) is 12.1 Å². The van der Waals surface area contributed by atoms with E-state index in [9.17, 15) is 8.78 Å². The molecule has 18 heavy (non-hydrogen) atoms. The van der Waals surface area contributed by atoms with Crippen LogP contribution in [-0.2, 0) is 0 Å². The number of halogens is 2. The minimum atomic E-state index is -0.454. The van der Waals surface area contributed by atoms with Gasteiger partial charge < -0.3 is 5.32 Å². The number of benzene rings is 1. The Hall–Kier alpha value is -1.10. The van der Waals surface area contributed by atoms with Gasteiger partial charge in [0.05, 0.1) is 11.7 Å². The average Bonchev–Trinajstić information content (AvgIpc) is 2.74. The van der Waals surface area contributed by atoms with Gasteiger partial charge in [-0.05, 0) is 24.5 Å². The summed E-state index contributed by atoms with van der Waals surface area (Å²) in [6, 6.07) is 2.62. The van der Waals surface area contributed by atoms with E-state index >= 15 is 0 Å². The number of aliphatic imine (C=N–C) groups is 1. The molecule has 1 aromatic carbocycles. The highest BCUT2D eigenvalue weighted by molar-refractivity contribution is 8.14. The van der Waals surface area contributed by atoms with Crippen molar-refractivity contribution >= 4 is 22.6 Å². The van der Waals surface area contributed by atoms with Crippen LogP contribution >= 0.6 is 11.8 Å². The molecule has 1 aliphatic rings. The molecular formula is C13H16F2N2S. The van der Waals surface area contributed by atoms with E-state index in [4.69, 9.17) is 0 Å². The first kappa shape index (κ1) is 13.3. The van der Waals surface area contributed by atoms with Gasteiger partial charge in [0.1, 0.15) is 11.6 Å². The lowest BCUT2D eigenvalue weighted by molar-refractivity contribution is 0.543. The van der Waals surface area contributed by atoms with E-state index in [0.29, 0.717) is 16.6 Å². The molecule has 0 aliphatic carbocycles. The lowest BCUT2D eigenvalue weighted by atomic mass is 10.1. The maximum absolute atomic E-state index is 13.6. The van der Waals surface area contributed by atoms with Crippen molar-refractivity contribution in [1.82, 2.24) is 0 Å². The highest BCUT2D eigenvalue weighted by atomic mass is 32.2. The standard InChI is InChI=1S/C13H16F2N2S/c1-7(2)12-6-18-13(17-12)16-11-5-9(14)8(3)4-10(11)15/h4-5,7,12H,6H2,1-3H3,(H,16,17). The number of anilines is 1. The third-order valence-electron chi connectivity index (χ3n) is 2.93. The van der Waals surface area contributed by atoms with Crippen LogP contribution in [-0.4, -0.2) is 17.0 Å². The molecule has 1 aromatic rings. The van der Waals surface area contributed by atoms with Crippen LogP contribution < -0.4 is 5.32 Å². The average molecular weight is 270 g/mol. The van der Waals surface area contributed by atoms with Crippen LogP contribution in [0.3, 0.4) is 0 Å². The first-order chi connectivity index (χ1) is 8.47. The van der Waals surface area contributed by atoms with Crippen molar-refractivity contribution in [3.8, 4) is 0 Å². The Morgan fingerprint density at radius 2 is 2.06 bits per heavy atom. The molecule has 1 N–H and O–H groups in total. The summed E-state index contributed by atoms with van der Waals surface area (Å²) in [5.74, 6) is 0.472. The van der Waals surface area contributed by atoms with Gasteiger partial charge in [0.2, 0.25) is 0 Å². The van der Waals surface area contributed by atoms with Crippen molar-refractivity contribution in [3.63, 3.8) is 0 Å². The SMILES string of the molecule is Cc1cc(F)c(NC2=NC(C(C)C)CS2)cc1F. The number of nitrogens with one attached hydrogen (secondary N) is 1. The minimum Gasteiger partial charge on any atom is -0.332 e. The predicted octanol–water partition coefficient (Wildman–Crippen LogP) is 3.81. The second-order valence-electron chi connectivity index (χ2n) is 4.76. The molecule has 0 aromatic heterocycles. The summed E-state index contributed by atoms with van der Waals surface area (Å²) in [4.78, 5) is 4.46. The lowest BCUT2D eigenvalue weighted by Crippen LogP contribution is -2.12. The molecule has 0 saturated heterocycles. The molecule has 0 bridgehead atoms. The largest absolute Gasteiger partial charge is 0.332 e. The Labute approximate surface area is 110 Å². The quantitative estimate of drug-likeness (QED) is 0.883. The molecule has 5 heteroatoms. The van der Waals surface area contributed by atoms with Gasteiger partial charge >= 0.3 is 0 Å². The molecule has 0 radical (unpaired) electrons. The van der Waals surface area contributed by atoms with Gasteiger partial charge in [-0.2, -0.15) is 0 Å². The molecule has 2 nitrogen and oxygen atoms in total. The molecule has 1 aliphatic heterocycles. The van der Waals surface area contributed by atoms with Crippen molar-refractivity contribution in [2.45, 2.75) is 26.8 Å². The number of hydrogen-bond donors (Lipinski definition) is 1. The van der Waals surface area contributed by atoms with Crippen molar-refractivity contribution in [3.05, 3.63) is 29.3 Å². The van der Waals surface area contributed by atoms with Crippen molar-refractivity contribution < 1.29 is 8.78 Å². The van der Waals surface area contributed by atoms with Crippen molar-refractivity contribution in [2.75, 3.05) is 11.1 Å². The zero-order valence-electron chi connectivity index (χ0n) is 10.6. The maximum atomic E-state index is 13.6. The Kier molecular flexibility index (Phi) is 3.90. The van der Waals surface area contributed by atoms with Gasteiger partial charge in [-0.15, -0.1) is 0 Å². The van der Waals surface area contributed by atoms with Gasteiger partial charge in [-0.3, -0.25) is 4.99 Å². The second kappa shape index (κ2) is 5.26. The Morgan fingerprint density at radius 3 is 2.67 bits per heavy atom. The summed E-state index contributed by atoms with van der Waals surface area (Å²) in [6.45, 7) is 5.74. The molecular weight excluding hydrogens is 254 g/mol. The number of nitrogens with zero attached hydrogens (tertiary/aromatic N) is 1. The summed E-state index contributed by atoms with van der Waals surface area (Å²) < 4.78 is 27.0. The first-order valence-corrected chi connectivity index (χ1v) is 6.89. The second-order valence-corrected chi connectivity index (χ2v) is 5.77. The highest BCUT2D eigenvalue weighted by Crippen LogP contribution is 2.26.